The molecule has 0 aliphatic heterocycles. The van der Waals surface area contributed by atoms with Crippen molar-refractivity contribution in [3.63, 3.8) is 0 Å². The van der Waals surface area contributed by atoms with E-state index in [1.54, 1.807) is 37.5 Å². The van der Waals surface area contributed by atoms with E-state index in [9.17, 15) is 13.6 Å². The number of carbonyl (C=O) groups excluding carboxylic acids is 1. The summed E-state index contributed by atoms with van der Waals surface area (Å²) in [5.74, 6) is -1.51. The predicted octanol–water partition coefficient (Wildman–Crippen LogP) is 4.17. The molecule has 0 fully saturated rings. The number of halogens is 2. The lowest BCUT2D eigenvalue weighted by Crippen LogP contribution is -2.15. The van der Waals surface area contributed by atoms with Crippen molar-refractivity contribution < 1.29 is 13.6 Å². The van der Waals surface area contributed by atoms with Crippen molar-refractivity contribution in [1.82, 2.24) is 9.55 Å². The maximum atomic E-state index is 14.1. The van der Waals surface area contributed by atoms with Gasteiger partial charge in [0.05, 0.1) is 11.4 Å². The van der Waals surface area contributed by atoms with Crippen molar-refractivity contribution in [2.24, 2.45) is 7.05 Å². The summed E-state index contributed by atoms with van der Waals surface area (Å²) in [4.78, 5) is 19.0. The number of imidazole rings is 1. The zero-order chi connectivity index (χ0) is 19.6. The number of rotatable bonds is 5. The number of aromatic nitrogens is 2. The number of nitrogens with zero attached hydrogens (tertiary/aromatic N) is 3. The monoisotopic (exact) mass is 388 g/mol. The molecule has 0 saturated heterocycles. The van der Waals surface area contributed by atoms with Crippen LogP contribution in [-0.4, -0.2) is 29.6 Å². The van der Waals surface area contributed by atoms with Crippen LogP contribution in [0.4, 0.5) is 20.2 Å². The summed E-state index contributed by atoms with van der Waals surface area (Å²) in [6.07, 6.45) is 3.44. The third-order valence-electron chi connectivity index (χ3n) is 3.86. The van der Waals surface area contributed by atoms with Crippen molar-refractivity contribution in [2.45, 2.75) is 10.1 Å². The van der Waals surface area contributed by atoms with Crippen LogP contribution in [0.3, 0.4) is 0 Å². The summed E-state index contributed by atoms with van der Waals surface area (Å²) in [7, 11) is 5.27. The molecule has 5 nitrogen and oxygen atoms in total. The molecule has 3 rings (SSSR count). The summed E-state index contributed by atoms with van der Waals surface area (Å²) in [6.45, 7) is 0. The summed E-state index contributed by atoms with van der Waals surface area (Å²) in [6, 6.07) is 8.33. The molecule has 1 N–H and O–H groups in total. The lowest BCUT2D eigenvalue weighted by molar-refractivity contribution is 0.102. The average molecular weight is 388 g/mol. The first kappa shape index (κ1) is 18.9. The van der Waals surface area contributed by atoms with Crippen molar-refractivity contribution in [2.75, 3.05) is 24.3 Å². The molecule has 140 valence electrons. The van der Waals surface area contributed by atoms with Gasteiger partial charge in [-0.15, -0.1) is 0 Å². The van der Waals surface area contributed by atoms with Gasteiger partial charge in [-0.05, 0) is 48.2 Å². The van der Waals surface area contributed by atoms with E-state index in [4.69, 9.17) is 0 Å². The van der Waals surface area contributed by atoms with Gasteiger partial charge in [-0.3, -0.25) is 4.79 Å². The standard InChI is InChI=1S/C19H18F2N4OS/c1-24(2)16-6-4-12(10-14(16)21)18(26)23-15-11-13(20)5-7-17(15)27-19-22-8-9-25(19)3/h4-11H,1-3H3,(H,23,26). The van der Waals surface area contributed by atoms with Gasteiger partial charge < -0.3 is 14.8 Å². The lowest BCUT2D eigenvalue weighted by Gasteiger charge is -2.15. The van der Waals surface area contributed by atoms with Gasteiger partial charge in [-0.1, -0.05) is 0 Å². The van der Waals surface area contributed by atoms with Crippen molar-refractivity contribution in [3.8, 4) is 0 Å². The maximum absolute atomic E-state index is 14.1. The van der Waals surface area contributed by atoms with E-state index < -0.39 is 17.5 Å². The Morgan fingerprint density at radius 3 is 2.59 bits per heavy atom. The van der Waals surface area contributed by atoms with Crippen LogP contribution in [-0.2, 0) is 7.05 Å². The van der Waals surface area contributed by atoms with Gasteiger partial charge in [0.15, 0.2) is 5.16 Å². The molecule has 0 bridgehead atoms. The van der Waals surface area contributed by atoms with E-state index in [1.807, 2.05) is 11.6 Å². The minimum atomic E-state index is -0.522. The second kappa shape index (κ2) is 7.79. The normalized spacial score (nSPS) is 10.7. The molecule has 0 saturated carbocycles. The van der Waals surface area contributed by atoms with E-state index >= 15 is 0 Å². The van der Waals surface area contributed by atoms with Crippen LogP contribution in [0.15, 0.2) is 58.8 Å². The molecule has 3 aromatic rings. The number of hydrogen-bond acceptors (Lipinski definition) is 4. The quantitative estimate of drug-likeness (QED) is 0.713. The fourth-order valence-corrected chi connectivity index (χ4v) is 3.31. The Labute approximate surface area is 160 Å². The third kappa shape index (κ3) is 4.28. The van der Waals surface area contributed by atoms with E-state index in [1.165, 1.54) is 36.0 Å². The Morgan fingerprint density at radius 2 is 1.96 bits per heavy atom. The van der Waals surface area contributed by atoms with Crippen LogP contribution >= 0.6 is 11.8 Å². The number of benzene rings is 2. The van der Waals surface area contributed by atoms with Crippen molar-refractivity contribution in [3.05, 3.63) is 66.0 Å². The highest BCUT2D eigenvalue weighted by Gasteiger charge is 2.15. The summed E-state index contributed by atoms with van der Waals surface area (Å²) < 4.78 is 29.7. The van der Waals surface area contributed by atoms with Gasteiger partial charge in [0.25, 0.3) is 5.91 Å². The Morgan fingerprint density at radius 1 is 1.19 bits per heavy atom. The maximum Gasteiger partial charge on any atom is 0.255 e. The van der Waals surface area contributed by atoms with Crippen LogP contribution in [0, 0.1) is 11.6 Å². The molecule has 0 aliphatic carbocycles. The van der Waals surface area contributed by atoms with Crippen LogP contribution < -0.4 is 10.2 Å². The molecule has 1 amide bonds. The second-order valence-electron chi connectivity index (χ2n) is 6.08. The molecule has 0 unspecified atom stereocenters. The zero-order valence-electron chi connectivity index (χ0n) is 15.0. The Bertz CT molecular complexity index is 988. The fourth-order valence-electron chi connectivity index (χ4n) is 2.44. The van der Waals surface area contributed by atoms with E-state index in [2.05, 4.69) is 10.3 Å². The molecule has 1 aromatic heterocycles. The number of nitrogens with one attached hydrogen (secondary N) is 1. The first-order valence-electron chi connectivity index (χ1n) is 8.08. The Balaban J connectivity index is 1.86. The number of carbonyl (C=O) groups is 1. The minimum absolute atomic E-state index is 0.148. The third-order valence-corrected chi connectivity index (χ3v) is 5.01. The predicted molar refractivity (Wildman–Crippen MR) is 102 cm³/mol. The molecule has 8 heteroatoms. The SMILES string of the molecule is CN(C)c1ccc(C(=O)Nc2cc(F)ccc2Sc2nccn2C)cc1F. The molecule has 1 heterocycles. The first-order valence-corrected chi connectivity index (χ1v) is 8.90. The van der Waals surface area contributed by atoms with Gasteiger partial charge in [-0.2, -0.15) is 0 Å². The summed E-state index contributed by atoms with van der Waals surface area (Å²) >= 11 is 1.29. The summed E-state index contributed by atoms with van der Waals surface area (Å²) in [5, 5.41) is 3.35. The molecular weight excluding hydrogens is 370 g/mol. The van der Waals surface area contributed by atoms with Crippen molar-refractivity contribution in [1.29, 1.82) is 0 Å². The fraction of sp³-hybridized carbons (Fsp3) is 0.158. The Kier molecular flexibility index (Phi) is 5.46. The summed E-state index contributed by atoms with van der Waals surface area (Å²) in [5.41, 5.74) is 0.823. The van der Waals surface area contributed by atoms with E-state index in [0.717, 1.165) is 6.07 Å². The smallest absolute Gasteiger partial charge is 0.255 e. The highest BCUT2D eigenvalue weighted by molar-refractivity contribution is 7.99. The number of aryl methyl sites for hydroxylation is 1. The average Bonchev–Trinajstić information content (AvgIpc) is 3.01. The molecule has 2 aromatic carbocycles. The largest absolute Gasteiger partial charge is 0.375 e. The molecule has 0 spiro atoms. The van der Waals surface area contributed by atoms with E-state index in [-0.39, 0.29) is 5.56 Å². The van der Waals surface area contributed by atoms with Crippen molar-refractivity contribution >= 4 is 29.0 Å². The molecular formula is C19H18F2N4OS. The second-order valence-corrected chi connectivity index (χ2v) is 7.09. The number of anilines is 2. The molecule has 0 radical (unpaired) electrons. The van der Waals surface area contributed by atoms with Gasteiger partial charge >= 0.3 is 0 Å². The van der Waals surface area contributed by atoms with Crippen LogP contribution in [0.5, 0.6) is 0 Å². The highest BCUT2D eigenvalue weighted by Crippen LogP contribution is 2.33. The van der Waals surface area contributed by atoms with Gasteiger partial charge in [-0.25, -0.2) is 13.8 Å². The minimum Gasteiger partial charge on any atom is -0.375 e. The molecule has 27 heavy (non-hydrogen) atoms. The van der Waals surface area contributed by atoms with E-state index in [0.29, 0.717) is 21.4 Å². The highest BCUT2D eigenvalue weighted by atomic mass is 32.2. The topological polar surface area (TPSA) is 50.2 Å². The zero-order valence-corrected chi connectivity index (χ0v) is 15.8. The van der Waals surface area contributed by atoms with Crippen LogP contribution in [0.25, 0.3) is 0 Å². The lowest BCUT2D eigenvalue weighted by atomic mass is 10.1. The van der Waals surface area contributed by atoms with Gasteiger partial charge in [0, 0.05) is 44.0 Å². The first-order chi connectivity index (χ1) is 12.8. The number of hydrogen-bond donors (Lipinski definition) is 1. The molecule has 0 atom stereocenters. The number of amides is 1. The molecule has 0 aliphatic rings. The van der Waals surface area contributed by atoms with Gasteiger partial charge in [0.1, 0.15) is 11.6 Å². The van der Waals surface area contributed by atoms with Crippen LogP contribution in [0.2, 0.25) is 0 Å². The Hall–Kier alpha value is -2.87. The van der Waals surface area contributed by atoms with Gasteiger partial charge in [0.2, 0.25) is 0 Å². The van der Waals surface area contributed by atoms with Crippen LogP contribution in [0.1, 0.15) is 10.4 Å².